The van der Waals surface area contributed by atoms with E-state index in [4.69, 9.17) is 14.2 Å². The van der Waals surface area contributed by atoms with Crippen LogP contribution in [0.5, 0.6) is 11.5 Å². The normalized spacial score (nSPS) is 29.3. The van der Waals surface area contributed by atoms with E-state index in [1.807, 2.05) is 47.4 Å². The first-order valence-corrected chi connectivity index (χ1v) is 10.7. The van der Waals surface area contributed by atoms with Gasteiger partial charge in [0.15, 0.2) is 23.4 Å². The lowest BCUT2D eigenvalue weighted by Gasteiger charge is -2.55. The van der Waals surface area contributed by atoms with E-state index in [0.717, 1.165) is 16.7 Å². The molecule has 0 radical (unpaired) electrons. The van der Waals surface area contributed by atoms with Gasteiger partial charge in [0.25, 0.3) is 0 Å². The van der Waals surface area contributed by atoms with E-state index in [1.165, 1.54) is 0 Å². The third-order valence-corrected chi connectivity index (χ3v) is 7.37. The number of likely N-dealkylation sites (tertiary alicyclic amines) is 1. The topological polar surface area (TPSA) is 65.1 Å². The van der Waals surface area contributed by atoms with Crippen molar-refractivity contribution in [1.82, 2.24) is 4.90 Å². The van der Waals surface area contributed by atoms with Crippen molar-refractivity contribution in [3.63, 3.8) is 0 Å². The summed E-state index contributed by atoms with van der Waals surface area (Å²) in [5, 5.41) is 0. The molecular weight excluding hydrogens is 394 g/mol. The summed E-state index contributed by atoms with van der Waals surface area (Å²) < 4.78 is 17.5. The molecule has 0 N–H and O–H groups in total. The molecule has 2 aromatic carbocycles. The van der Waals surface area contributed by atoms with Crippen molar-refractivity contribution in [3.8, 4) is 11.5 Å². The fourth-order valence-corrected chi connectivity index (χ4v) is 6.08. The van der Waals surface area contributed by atoms with E-state index in [1.54, 1.807) is 13.2 Å². The van der Waals surface area contributed by atoms with Gasteiger partial charge in [-0.2, -0.15) is 0 Å². The number of hydrogen-bond donors (Lipinski definition) is 0. The molecule has 1 fully saturated rings. The van der Waals surface area contributed by atoms with Gasteiger partial charge in [0.05, 0.1) is 12.5 Å². The first-order chi connectivity index (χ1) is 15.1. The molecule has 1 amide bonds. The molecule has 0 unspecified atom stereocenters. The average molecular weight is 417 g/mol. The number of amides is 1. The van der Waals surface area contributed by atoms with Gasteiger partial charge in [-0.1, -0.05) is 42.5 Å². The van der Waals surface area contributed by atoms with Gasteiger partial charge in [0, 0.05) is 24.1 Å². The number of rotatable bonds is 3. The molecule has 1 spiro atoms. The molecule has 4 aliphatic rings. The lowest BCUT2D eigenvalue weighted by Crippen LogP contribution is -2.65. The maximum Gasteiger partial charge on any atom is 0.410 e. The summed E-state index contributed by atoms with van der Waals surface area (Å²) in [5.74, 6) is 1.36. The van der Waals surface area contributed by atoms with Crippen molar-refractivity contribution in [3.05, 3.63) is 71.3 Å². The van der Waals surface area contributed by atoms with E-state index in [0.29, 0.717) is 30.9 Å². The quantitative estimate of drug-likeness (QED) is 0.766. The largest absolute Gasteiger partial charge is 0.493 e. The van der Waals surface area contributed by atoms with Gasteiger partial charge in [-0.3, -0.25) is 4.79 Å². The van der Waals surface area contributed by atoms with Crippen LogP contribution in [-0.4, -0.2) is 42.6 Å². The number of carbonyl (C=O) groups excluding carboxylic acids is 2. The summed E-state index contributed by atoms with van der Waals surface area (Å²) in [7, 11) is 1.62. The summed E-state index contributed by atoms with van der Waals surface area (Å²) in [5.41, 5.74) is 2.75. The van der Waals surface area contributed by atoms with Crippen LogP contribution in [0.3, 0.4) is 0 Å². The average Bonchev–Trinajstić information content (AvgIpc) is 3.14. The Balaban J connectivity index is 1.37. The maximum absolute atomic E-state index is 13.1. The van der Waals surface area contributed by atoms with Crippen LogP contribution in [0.1, 0.15) is 23.1 Å². The van der Waals surface area contributed by atoms with Gasteiger partial charge in [-0.25, -0.2) is 4.79 Å². The predicted octanol–water partition coefficient (Wildman–Crippen LogP) is 3.42. The van der Waals surface area contributed by atoms with Gasteiger partial charge in [-0.05, 0) is 36.1 Å². The Hall–Kier alpha value is -3.28. The molecule has 158 valence electrons. The minimum Gasteiger partial charge on any atom is -0.493 e. The summed E-state index contributed by atoms with van der Waals surface area (Å²) >= 11 is 0. The highest BCUT2D eigenvalue weighted by Gasteiger charge is 2.65. The van der Waals surface area contributed by atoms with E-state index < -0.39 is 11.5 Å². The number of hydrogen-bond acceptors (Lipinski definition) is 5. The summed E-state index contributed by atoms with van der Waals surface area (Å²) in [4.78, 5) is 27.8. The van der Waals surface area contributed by atoms with Crippen LogP contribution in [0.2, 0.25) is 0 Å². The molecule has 6 heteroatoms. The number of benzene rings is 2. The SMILES string of the molecule is COc1ccc2c3c1O[C@H]1C(=O)C=C[C@H]4[C@@H](C2)N(C(=O)OCc2ccccc2)CC[C@]314. The summed E-state index contributed by atoms with van der Waals surface area (Å²) in [6.07, 6.45) is 4.11. The van der Waals surface area contributed by atoms with Crippen LogP contribution in [-0.2, 0) is 28.0 Å². The van der Waals surface area contributed by atoms with E-state index in [2.05, 4.69) is 6.07 Å². The zero-order valence-corrected chi connectivity index (χ0v) is 17.2. The predicted molar refractivity (Wildman–Crippen MR) is 112 cm³/mol. The second-order valence-electron chi connectivity index (χ2n) is 8.71. The molecule has 0 saturated carbocycles. The Morgan fingerprint density at radius 1 is 1.23 bits per heavy atom. The molecule has 2 aliphatic heterocycles. The first-order valence-electron chi connectivity index (χ1n) is 10.7. The molecule has 6 nitrogen and oxygen atoms in total. The third-order valence-electron chi connectivity index (χ3n) is 7.37. The number of nitrogens with zero attached hydrogens (tertiary/aromatic N) is 1. The van der Waals surface area contributed by atoms with Gasteiger partial charge in [0.2, 0.25) is 0 Å². The Labute approximate surface area is 180 Å². The lowest BCUT2D eigenvalue weighted by molar-refractivity contribution is -0.127. The minimum atomic E-state index is -0.558. The van der Waals surface area contributed by atoms with Crippen LogP contribution in [0, 0.1) is 5.92 Å². The van der Waals surface area contributed by atoms with E-state index >= 15 is 0 Å². The molecule has 2 heterocycles. The summed E-state index contributed by atoms with van der Waals surface area (Å²) in [6, 6.07) is 13.6. The number of ketones is 1. The zero-order chi connectivity index (χ0) is 21.2. The molecule has 2 aliphatic carbocycles. The van der Waals surface area contributed by atoms with E-state index in [9.17, 15) is 9.59 Å². The van der Waals surface area contributed by atoms with Gasteiger partial charge in [-0.15, -0.1) is 0 Å². The molecule has 2 bridgehead atoms. The fraction of sp³-hybridized carbons (Fsp3) is 0.360. The van der Waals surface area contributed by atoms with Gasteiger partial charge < -0.3 is 19.1 Å². The highest BCUT2D eigenvalue weighted by atomic mass is 16.6. The van der Waals surface area contributed by atoms with Crippen LogP contribution < -0.4 is 9.47 Å². The Kier molecular flexibility index (Phi) is 3.94. The Morgan fingerprint density at radius 3 is 2.87 bits per heavy atom. The molecule has 0 aromatic heterocycles. The fourth-order valence-electron chi connectivity index (χ4n) is 6.08. The minimum absolute atomic E-state index is 0.00841. The monoisotopic (exact) mass is 417 g/mol. The first kappa shape index (κ1) is 18.5. The van der Waals surface area contributed by atoms with Crippen molar-refractivity contribution < 1.29 is 23.8 Å². The second-order valence-corrected chi connectivity index (χ2v) is 8.71. The van der Waals surface area contributed by atoms with Crippen molar-refractivity contribution in [1.29, 1.82) is 0 Å². The Morgan fingerprint density at radius 2 is 2.06 bits per heavy atom. The highest BCUT2D eigenvalue weighted by molar-refractivity contribution is 5.98. The van der Waals surface area contributed by atoms with Crippen molar-refractivity contribution in [2.45, 2.75) is 37.0 Å². The zero-order valence-electron chi connectivity index (χ0n) is 17.2. The lowest BCUT2D eigenvalue weighted by atomic mass is 9.53. The molecule has 1 saturated heterocycles. The Bertz CT molecular complexity index is 1110. The molecule has 31 heavy (non-hydrogen) atoms. The highest BCUT2D eigenvalue weighted by Crippen LogP contribution is 2.62. The van der Waals surface area contributed by atoms with Crippen molar-refractivity contribution in [2.75, 3.05) is 13.7 Å². The van der Waals surface area contributed by atoms with Gasteiger partial charge in [0.1, 0.15) is 6.61 Å². The standard InChI is InChI=1S/C25H23NO5/c1-29-20-10-7-16-13-18-17-8-9-19(27)23-25(17,21(16)22(20)31-23)11-12-26(18)24(28)30-14-15-5-3-2-4-6-15/h2-10,17-18,23H,11-14H2,1H3/t17-,18+,23-,25-/m0/s1. The number of methoxy groups -OCH3 is 1. The van der Waals surface area contributed by atoms with Crippen molar-refractivity contribution in [2.24, 2.45) is 5.92 Å². The third kappa shape index (κ3) is 2.44. The summed E-state index contributed by atoms with van der Waals surface area (Å²) in [6.45, 7) is 0.780. The number of ether oxygens (including phenoxy) is 3. The second kappa shape index (κ2) is 6.61. The molecular formula is C25H23NO5. The van der Waals surface area contributed by atoms with Crippen LogP contribution in [0.25, 0.3) is 0 Å². The maximum atomic E-state index is 13.1. The molecule has 4 atom stereocenters. The van der Waals surface area contributed by atoms with Crippen LogP contribution in [0.4, 0.5) is 4.79 Å². The van der Waals surface area contributed by atoms with E-state index in [-0.39, 0.29) is 30.4 Å². The number of carbonyl (C=O) groups is 2. The van der Waals surface area contributed by atoms with Gasteiger partial charge >= 0.3 is 6.09 Å². The van der Waals surface area contributed by atoms with Crippen LogP contribution >= 0.6 is 0 Å². The van der Waals surface area contributed by atoms with Crippen LogP contribution in [0.15, 0.2) is 54.6 Å². The molecule has 6 rings (SSSR count). The van der Waals surface area contributed by atoms with Crippen molar-refractivity contribution >= 4 is 11.9 Å². The smallest absolute Gasteiger partial charge is 0.410 e. The molecule has 2 aromatic rings. The number of piperidine rings is 1.